The number of carboxylic acid groups (broad SMARTS) is 2. The van der Waals surface area contributed by atoms with E-state index in [0.717, 1.165) is 5.56 Å². The number of aromatic nitrogens is 4. The predicted molar refractivity (Wildman–Crippen MR) is 126 cm³/mol. The summed E-state index contributed by atoms with van der Waals surface area (Å²) in [4.78, 5) is 36.4. The molecule has 0 spiro atoms. The second-order valence-corrected chi connectivity index (χ2v) is 8.72. The molecule has 0 aliphatic carbocycles. The van der Waals surface area contributed by atoms with Crippen LogP contribution in [0.2, 0.25) is 0 Å². The number of unbranched alkanes of at least 4 members (excludes halogenated alkanes) is 1. The Hall–Kier alpha value is -3.65. The van der Waals surface area contributed by atoms with Gasteiger partial charge in [0.25, 0.3) is 0 Å². The fraction of sp³-hybridized carbons (Fsp3) is 0.435. The minimum atomic E-state index is -1.27. The molecule has 0 amide bonds. The number of ether oxygens (including phenoxy) is 1. The molecule has 1 aliphatic heterocycles. The van der Waals surface area contributed by atoms with Crippen molar-refractivity contribution in [2.24, 2.45) is 0 Å². The average molecular weight is 501 g/mol. The summed E-state index contributed by atoms with van der Waals surface area (Å²) in [5.74, 6) is -1.74. The number of aliphatic carboxylic acids is 1. The summed E-state index contributed by atoms with van der Waals surface area (Å²) in [6.45, 7) is 1.04. The van der Waals surface area contributed by atoms with Gasteiger partial charge in [0, 0.05) is 19.5 Å². The number of aromatic carboxylic acids is 1. The minimum Gasteiger partial charge on any atom is -0.481 e. The molecule has 36 heavy (non-hydrogen) atoms. The van der Waals surface area contributed by atoms with Crippen LogP contribution in [0.5, 0.6) is 0 Å². The zero-order valence-electron chi connectivity index (χ0n) is 19.3. The fourth-order valence-electron chi connectivity index (χ4n) is 4.33. The van der Waals surface area contributed by atoms with Gasteiger partial charge in [0.2, 0.25) is 0 Å². The van der Waals surface area contributed by atoms with Crippen molar-refractivity contribution in [3.05, 3.63) is 48.0 Å². The van der Waals surface area contributed by atoms with Crippen LogP contribution >= 0.6 is 0 Å². The first kappa shape index (κ1) is 25.4. The summed E-state index contributed by atoms with van der Waals surface area (Å²) in [5, 5.41) is 39.8. The van der Waals surface area contributed by atoms with Crippen molar-refractivity contribution in [2.45, 2.75) is 50.3 Å². The Morgan fingerprint density at radius 3 is 2.67 bits per heavy atom. The Bertz CT molecular complexity index is 1230. The predicted octanol–water partition coefficient (Wildman–Crippen LogP) is 0.483. The molecule has 4 atom stereocenters. The molecule has 13 heteroatoms. The number of hydrogen-bond acceptors (Lipinski definition) is 10. The number of benzene rings is 1. The van der Waals surface area contributed by atoms with E-state index in [1.54, 1.807) is 18.2 Å². The van der Waals surface area contributed by atoms with E-state index in [1.165, 1.54) is 23.3 Å². The number of carbonyl (C=O) groups is 2. The van der Waals surface area contributed by atoms with Crippen molar-refractivity contribution in [1.29, 1.82) is 0 Å². The highest BCUT2D eigenvalue weighted by atomic mass is 16.6. The van der Waals surface area contributed by atoms with Gasteiger partial charge in [-0.15, -0.1) is 0 Å². The molecule has 6 N–H and O–H groups in total. The van der Waals surface area contributed by atoms with E-state index in [-0.39, 0.29) is 24.3 Å². The number of nitrogens with two attached hydrogens (primary N) is 1. The molecular weight excluding hydrogens is 472 g/mol. The molecule has 13 nitrogen and oxygen atoms in total. The summed E-state index contributed by atoms with van der Waals surface area (Å²) in [6, 6.07) is 6.51. The van der Waals surface area contributed by atoms with Crippen LogP contribution in [0.25, 0.3) is 11.2 Å². The molecule has 1 aromatic carbocycles. The lowest BCUT2D eigenvalue weighted by atomic mass is 10.1. The van der Waals surface area contributed by atoms with E-state index < -0.39 is 36.5 Å². The van der Waals surface area contributed by atoms with Gasteiger partial charge >= 0.3 is 11.9 Å². The van der Waals surface area contributed by atoms with Crippen LogP contribution in [0.1, 0.15) is 41.4 Å². The highest BCUT2D eigenvalue weighted by molar-refractivity contribution is 5.87. The zero-order chi connectivity index (χ0) is 25.8. The van der Waals surface area contributed by atoms with E-state index in [1.807, 2.05) is 4.90 Å². The van der Waals surface area contributed by atoms with Crippen molar-refractivity contribution in [1.82, 2.24) is 24.4 Å². The zero-order valence-corrected chi connectivity index (χ0v) is 19.3. The molecule has 1 aliphatic rings. The van der Waals surface area contributed by atoms with Gasteiger partial charge in [0.05, 0.1) is 11.9 Å². The highest BCUT2D eigenvalue weighted by Crippen LogP contribution is 2.32. The Kier molecular flexibility index (Phi) is 7.74. The Morgan fingerprint density at radius 1 is 1.11 bits per heavy atom. The number of anilines is 1. The van der Waals surface area contributed by atoms with Gasteiger partial charge in [-0.3, -0.25) is 14.3 Å². The van der Waals surface area contributed by atoms with Crippen LogP contribution in [-0.4, -0.2) is 88.2 Å². The molecule has 1 fully saturated rings. The smallest absolute Gasteiger partial charge is 0.335 e. The molecule has 192 valence electrons. The third kappa shape index (κ3) is 5.60. The van der Waals surface area contributed by atoms with E-state index in [9.17, 15) is 24.9 Å². The third-order valence-electron chi connectivity index (χ3n) is 6.13. The van der Waals surface area contributed by atoms with Crippen LogP contribution in [0.4, 0.5) is 5.82 Å². The second-order valence-electron chi connectivity index (χ2n) is 8.72. The lowest BCUT2D eigenvalue weighted by molar-refractivity contribution is -0.137. The van der Waals surface area contributed by atoms with Crippen LogP contribution in [0.15, 0.2) is 36.9 Å². The van der Waals surface area contributed by atoms with Crippen molar-refractivity contribution in [3.8, 4) is 0 Å². The Morgan fingerprint density at radius 2 is 1.92 bits per heavy atom. The number of fused-ring (bicyclic) bond motifs is 1. The summed E-state index contributed by atoms with van der Waals surface area (Å²) in [7, 11) is 0. The van der Waals surface area contributed by atoms with Crippen molar-refractivity contribution in [2.75, 3.05) is 18.8 Å². The Labute approximate surface area is 205 Å². The van der Waals surface area contributed by atoms with Crippen molar-refractivity contribution in [3.63, 3.8) is 0 Å². The lowest BCUT2D eigenvalue weighted by Crippen LogP contribution is -2.40. The topological polar surface area (TPSA) is 197 Å². The number of rotatable bonds is 11. The van der Waals surface area contributed by atoms with Gasteiger partial charge in [-0.2, -0.15) is 0 Å². The molecule has 0 saturated carbocycles. The second kappa shape index (κ2) is 11.0. The van der Waals surface area contributed by atoms with Gasteiger partial charge < -0.3 is 30.9 Å². The summed E-state index contributed by atoms with van der Waals surface area (Å²) >= 11 is 0. The van der Waals surface area contributed by atoms with Gasteiger partial charge in [0.1, 0.15) is 30.2 Å². The molecule has 3 aromatic rings. The molecule has 0 unspecified atom stereocenters. The molecule has 0 radical (unpaired) electrons. The highest BCUT2D eigenvalue weighted by Gasteiger charge is 2.44. The van der Waals surface area contributed by atoms with E-state index in [2.05, 4.69) is 15.0 Å². The maximum Gasteiger partial charge on any atom is 0.335 e. The van der Waals surface area contributed by atoms with Crippen LogP contribution in [0, 0.1) is 0 Å². The standard InChI is InChI=1S/C23H28N6O7/c24-20-17-21(26-11-25-20)29(12-27-17)22-19(33)18(32)15(36-22)10-28(7-2-1-6-16(30)31)9-13-4-3-5-14(8-13)23(34)35/h3-5,8,11-12,15,18-19,22,32-33H,1-2,6-7,9-10H2,(H,30,31)(H,34,35)(H2,24,25,26)/t15-,18-,19-,22-/m1/s1. The minimum absolute atomic E-state index is 0.0321. The van der Waals surface area contributed by atoms with Gasteiger partial charge in [-0.05, 0) is 37.1 Å². The summed E-state index contributed by atoms with van der Waals surface area (Å²) < 4.78 is 7.54. The van der Waals surface area contributed by atoms with Crippen molar-refractivity contribution < 1.29 is 34.8 Å². The summed E-state index contributed by atoms with van der Waals surface area (Å²) in [5.41, 5.74) is 7.44. The maximum absolute atomic E-state index is 11.4. The largest absolute Gasteiger partial charge is 0.481 e. The molecular formula is C23H28N6O7. The quantitative estimate of drug-likeness (QED) is 0.229. The molecule has 0 bridgehead atoms. The normalized spacial score (nSPS) is 21.9. The average Bonchev–Trinajstić information content (AvgIpc) is 3.39. The lowest BCUT2D eigenvalue weighted by Gasteiger charge is -2.27. The number of nitrogen functional groups attached to an aromatic ring is 1. The monoisotopic (exact) mass is 500 g/mol. The first-order chi connectivity index (χ1) is 17.2. The van der Waals surface area contributed by atoms with E-state index in [4.69, 9.17) is 15.6 Å². The van der Waals surface area contributed by atoms with Gasteiger partial charge in [0.15, 0.2) is 17.7 Å². The fourth-order valence-corrected chi connectivity index (χ4v) is 4.33. The molecule has 4 rings (SSSR count). The van der Waals surface area contributed by atoms with E-state index >= 15 is 0 Å². The van der Waals surface area contributed by atoms with Crippen molar-refractivity contribution >= 4 is 28.9 Å². The number of aliphatic hydroxyl groups is 2. The van der Waals surface area contributed by atoms with Gasteiger partial charge in [-0.1, -0.05) is 12.1 Å². The number of hydrogen-bond donors (Lipinski definition) is 5. The third-order valence-corrected chi connectivity index (χ3v) is 6.13. The maximum atomic E-state index is 11.4. The van der Waals surface area contributed by atoms with Crippen LogP contribution in [-0.2, 0) is 16.1 Å². The molecule has 1 saturated heterocycles. The number of carboxylic acids is 2. The number of aliphatic hydroxyl groups excluding tert-OH is 2. The number of imidazole rings is 1. The summed E-state index contributed by atoms with van der Waals surface area (Å²) in [6.07, 6.45) is -0.493. The van der Waals surface area contributed by atoms with E-state index in [0.29, 0.717) is 37.1 Å². The van der Waals surface area contributed by atoms with Crippen LogP contribution in [0.3, 0.4) is 0 Å². The number of nitrogens with zero attached hydrogens (tertiary/aromatic N) is 5. The molecule has 3 heterocycles. The Balaban J connectivity index is 1.50. The first-order valence-corrected chi connectivity index (χ1v) is 11.5. The molecule has 2 aromatic heterocycles. The van der Waals surface area contributed by atoms with Crippen LogP contribution < -0.4 is 5.73 Å². The first-order valence-electron chi connectivity index (χ1n) is 11.5. The SMILES string of the molecule is Nc1ncnc2c1ncn2[C@@H]1O[C@H](CN(CCCCC(=O)O)Cc2cccc(C(=O)O)c2)[C@@H](O)[C@H]1O. The van der Waals surface area contributed by atoms with Gasteiger partial charge in [-0.25, -0.2) is 19.7 Å².